The molecule has 0 radical (unpaired) electrons. The second kappa shape index (κ2) is 5.93. The van der Waals surface area contributed by atoms with Crippen LogP contribution in [0.15, 0.2) is 12.1 Å². The third-order valence-corrected chi connectivity index (χ3v) is 4.75. The zero-order valence-corrected chi connectivity index (χ0v) is 12.8. The predicted molar refractivity (Wildman–Crippen MR) is 77.9 cm³/mol. The zero-order chi connectivity index (χ0) is 13.9. The number of alkyl halides is 1. The van der Waals surface area contributed by atoms with Gasteiger partial charge in [0.25, 0.3) is 0 Å². The van der Waals surface area contributed by atoms with Crippen LogP contribution in [0.5, 0.6) is 0 Å². The fourth-order valence-corrected chi connectivity index (χ4v) is 3.78. The number of sulfonamides is 1. The van der Waals surface area contributed by atoms with Crippen LogP contribution in [0.2, 0.25) is 0 Å². The SMILES string of the molecule is Cc1cc(C)c(NS(=O)(=O)CC(C)CCl)c(C)c1. The Morgan fingerprint density at radius 3 is 2.17 bits per heavy atom. The largest absolute Gasteiger partial charge is 0.283 e. The molecule has 1 N–H and O–H groups in total. The first-order chi connectivity index (χ1) is 8.25. The smallest absolute Gasteiger partial charge is 0.233 e. The summed E-state index contributed by atoms with van der Waals surface area (Å²) in [6.45, 7) is 7.63. The van der Waals surface area contributed by atoms with Gasteiger partial charge in [0.15, 0.2) is 0 Å². The van der Waals surface area contributed by atoms with Crippen molar-refractivity contribution in [3.05, 3.63) is 28.8 Å². The average Bonchev–Trinajstić information content (AvgIpc) is 2.22. The summed E-state index contributed by atoms with van der Waals surface area (Å²) in [7, 11) is -3.34. The number of benzene rings is 1. The number of aryl methyl sites for hydroxylation is 3. The minimum atomic E-state index is -3.34. The van der Waals surface area contributed by atoms with E-state index in [1.807, 2.05) is 39.8 Å². The second-order valence-corrected chi connectivity index (χ2v) is 6.99. The fraction of sp³-hybridized carbons (Fsp3) is 0.538. The normalized spacial score (nSPS) is 13.4. The molecule has 0 bridgehead atoms. The number of rotatable bonds is 5. The van der Waals surface area contributed by atoms with E-state index in [4.69, 9.17) is 11.6 Å². The van der Waals surface area contributed by atoms with Gasteiger partial charge in [0.2, 0.25) is 10.0 Å². The molecule has 5 heteroatoms. The topological polar surface area (TPSA) is 46.2 Å². The summed E-state index contributed by atoms with van der Waals surface area (Å²) in [5.74, 6) is 0.325. The lowest BCUT2D eigenvalue weighted by molar-refractivity contribution is 0.588. The van der Waals surface area contributed by atoms with Crippen LogP contribution in [0.25, 0.3) is 0 Å². The van der Waals surface area contributed by atoms with Gasteiger partial charge in [0, 0.05) is 5.88 Å². The van der Waals surface area contributed by atoms with Crippen LogP contribution < -0.4 is 4.72 Å². The molecule has 0 aliphatic rings. The average molecular weight is 290 g/mol. The molecule has 18 heavy (non-hydrogen) atoms. The van der Waals surface area contributed by atoms with E-state index in [2.05, 4.69) is 4.72 Å². The van der Waals surface area contributed by atoms with Crippen molar-refractivity contribution in [1.29, 1.82) is 0 Å². The number of hydrogen-bond donors (Lipinski definition) is 1. The second-order valence-electron chi connectivity index (χ2n) is 4.92. The number of halogens is 1. The lowest BCUT2D eigenvalue weighted by Crippen LogP contribution is -2.23. The molecule has 0 aromatic heterocycles. The third kappa shape index (κ3) is 4.18. The van der Waals surface area contributed by atoms with Crippen LogP contribution in [0.3, 0.4) is 0 Å². The number of anilines is 1. The van der Waals surface area contributed by atoms with Gasteiger partial charge in [-0.05, 0) is 37.8 Å². The van der Waals surface area contributed by atoms with Gasteiger partial charge in [-0.25, -0.2) is 8.42 Å². The highest BCUT2D eigenvalue weighted by molar-refractivity contribution is 7.92. The van der Waals surface area contributed by atoms with Gasteiger partial charge < -0.3 is 0 Å². The van der Waals surface area contributed by atoms with Crippen molar-refractivity contribution < 1.29 is 8.42 Å². The molecule has 1 unspecified atom stereocenters. The summed E-state index contributed by atoms with van der Waals surface area (Å²) in [5, 5.41) is 0. The zero-order valence-electron chi connectivity index (χ0n) is 11.2. The Morgan fingerprint density at radius 1 is 1.22 bits per heavy atom. The van der Waals surface area contributed by atoms with Crippen molar-refractivity contribution in [3.8, 4) is 0 Å². The van der Waals surface area contributed by atoms with E-state index in [1.165, 1.54) is 0 Å². The highest BCUT2D eigenvalue weighted by atomic mass is 35.5. The molecular weight excluding hydrogens is 270 g/mol. The van der Waals surface area contributed by atoms with Crippen LogP contribution in [0.1, 0.15) is 23.6 Å². The molecule has 0 amide bonds. The Morgan fingerprint density at radius 2 is 1.72 bits per heavy atom. The van der Waals surface area contributed by atoms with Crippen molar-refractivity contribution in [1.82, 2.24) is 0 Å². The number of nitrogens with one attached hydrogen (secondary N) is 1. The van der Waals surface area contributed by atoms with E-state index in [1.54, 1.807) is 0 Å². The van der Waals surface area contributed by atoms with Crippen LogP contribution in [0.4, 0.5) is 5.69 Å². The lowest BCUT2D eigenvalue weighted by atomic mass is 10.1. The molecule has 3 nitrogen and oxygen atoms in total. The Hall–Kier alpha value is -0.740. The van der Waals surface area contributed by atoms with E-state index < -0.39 is 10.0 Å². The lowest BCUT2D eigenvalue weighted by Gasteiger charge is -2.15. The molecule has 0 saturated heterocycles. The van der Waals surface area contributed by atoms with Gasteiger partial charge in [-0.15, -0.1) is 11.6 Å². The van der Waals surface area contributed by atoms with Crippen LogP contribution >= 0.6 is 11.6 Å². The summed E-state index contributed by atoms with van der Waals surface area (Å²) >= 11 is 5.65. The highest BCUT2D eigenvalue weighted by Crippen LogP contribution is 2.23. The maximum Gasteiger partial charge on any atom is 0.233 e. The molecule has 0 spiro atoms. The van der Waals surface area contributed by atoms with Gasteiger partial charge in [-0.3, -0.25) is 4.72 Å². The molecule has 0 fully saturated rings. The predicted octanol–water partition coefficient (Wildman–Crippen LogP) is 3.23. The summed E-state index contributed by atoms with van der Waals surface area (Å²) in [5.41, 5.74) is 3.69. The van der Waals surface area contributed by atoms with E-state index in [0.717, 1.165) is 16.7 Å². The molecule has 0 aliphatic carbocycles. The minimum absolute atomic E-state index is 0.0449. The number of hydrogen-bond acceptors (Lipinski definition) is 2. The van der Waals surface area contributed by atoms with Crippen LogP contribution in [-0.2, 0) is 10.0 Å². The summed E-state index contributed by atoms with van der Waals surface area (Å²) in [6, 6.07) is 3.94. The standard InChI is InChI=1S/C13H20ClNO2S/c1-9-5-11(3)13(12(4)6-9)15-18(16,17)8-10(2)7-14/h5-6,10,15H,7-8H2,1-4H3. The molecule has 1 atom stereocenters. The first kappa shape index (κ1) is 15.3. The van der Waals surface area contributed by atoms with E-state index in [0.29, 0.717) is 11.6 Å². The quantitative estimate of drug-likeness (QED) is 0.846. The Balaban J connectivity index is 2.98. The van der Waals surface area contributed by atoms with Gasteiger partial charge >= 0.3 is 0 Å². The van der Waals surface area contributed by atoms with Crippen molar-refractivity contribution in [3.63, 3.8) is 0 Å². The molecule has 0 heterocycles. The minimum Gasteiger partial charge on any atom is -0.283 e. The third-order valence-electron chi connectivity index (χ3n) is 2.70. The first-order valence-corrected chi connectivity index (χ1v) is 8.08. The maximum absolute atomic E-state index is 12.0. The molecular formula is C13H20ClNO2S. The van der Waals surface area contributed by atoms with Crippen LogP contribution in [-0.4, -0.2) is 20.1 Å². The molecule has 1 rings (SSSR count). The first-order valence-electron chi connectivity index (χ1n) is 5.89. The molecule has 0 saturated carbocycles. The van der Waals surface area contributed by atoms with Crippen molar-refractivity contribution in [2.45, 2.75) is 27.7 Å². The van der Waals surface area contributed by atoms with Crippen LogP contribution in [0, 0.1) is 26.7 Å². The Kier molecular flexibility index (Phi) is 5.05. The molecule has 0 aliphatic heterocycles. The van der Waals surface area contributed by atoms with E-state index >= 15 is 0 Å². The summed E-state index contributed by atoms with van der Waals surface area (Å²) < 4.78 is 26.6. The van der Waals surface area contributed by atoms with E-state index in [9.17, 15) is 8.42 Å². The maximum atomic E-state index is 12.0. The van der Waals surface area contributed by atoms with E-state index in [-0.39, 0.29) is 11.7 Å². The molecule has 1 aromatic carbocycles. The van der Waals surface area contributed by atoms with Gasteiger partial charge in [-0.1, -0.05) is 24.6 Å². The fourth-order valence-electron chi connectivity index (χ4n) is 1.96. The Bertz CT molecular complexity index is 503. The molecule has 1 aromatic rings. The monoisotopic (exact) mass is 289 g/mol. The van der Waals surface area contributed by atoms with Crippen molar-refractivity contribution in [2.75, 3.05) is 16.4 Å². The van der Waals surface area contributed by atoms with Gasteiger partial charge in [0.05, 0.1) is 11.4 Å². The molecule has 102 valence electrons. The Labute approximate surface area is 115 Å². The summed E-state index contributed by atoms with van der Waals surface area (Å²) in [4.78, 5) is 0. The summed E-state index contributed by atoms with van der Waals surface area (Å²) in [6.07, 6.45) is 0. The van der Waals surface area contributed by atoms with Crippen molar-refractivity contribution in [2.24, 2.45) is 5.92 Å². The van der Waals surface area contributed by atoms with Gasteiger partial charge in [-0.2, -0.15) is 0 Å². The highest BCUT2D eigenvalue weighted by Gasteiger charge is 2.17. The van der Waals surface area contributed by atoms with Crippen molar-refractivity contribution >= 4 is 27.3 Å². The van der Waals surface area contributed by atoms with Gasteiger partial charge in [0.1, 0.15) is 0 Å².